The van der Waals surface area contributed by atoms with Gasteiger partial charge < -0.3 is 19.6 Å². The maximum absolute atomic E-state index is 14.5. The Morgan fingerprint density at radius 2 is 2.03 bits per heavy atom. The van der Waals surface area contributed by atoms with E-state index in [1.807, 2.05) is 25.7 Å². The van der Waals surface area contributed by atoms with Crippen molar-refractivity contribution in [2.75, 3.05) is 19.8 Å². The second-order valence-corrected chi connectivity index (χ2v) is 13.6. The Balaban J connectivity index is 2.06. The molecule has 3 aliphatic heterocycles. The molecular formula is C28H43BrN2O5S. The average Bonchev–Trinajstić information content (AvgIpc) is 3.44. The summed E-state index contributed by atoms with van der Waals surface area (Å²) in [6.07, 6.45) is 7.30. The van der Waals surface area contributed by atoms with Gasteiger partial charge >= 0.3 is 5.97 Å². The molecule has 3 fully saturated rings. The SMILES string of the molecule is C=CCCCOC(=O)[C@H]1[C@H]2C(=O)N([C@@H](CO)C(C)C)C(C(=O)N(CC=C)C(C)CCC)C23CC(Br)[C@@H]1S3. The van der Waals surface area contributed by atoms with Gasteiger partial charge in [0.15, 0.2) is 0 Å². The zero-order chi connectivity index (χ0) is 27.5. The smallest absolute Gasteiger partial charge is 0.310 e. The highest BCUT2D eigenvalue weighted by molar-refractivity contribution is 9.09. The van der Waals surface area contributed by atoms with Crippen molar-refractivity contribution in [3.05, 3.63) is 25.3 Å². The number of alkyl halides is 1. The van der Waals surface area contributed by atoms with Crippen LogP contribution in [0.5, 0.6) is 0 Å². The van der Waals surface area contributed by atoms with Crippen molar-refractivity contribution in [1.29, 1.82) is 0 Å². The molecule has 1 spiro atoms. The van der Waals surface area contributed by atoms with Crippen molar-refractivity contribution >= 4 is 45.5 Å². The lowest BCUT2D eigenvalue weighted by atomic mass is 9.71. The third kappa shape index (κ3) is 5.42. The quantitative estimate of drug-likeness (QED) is 0.140. The number of allylic oxidation sites excluding steroid dienone is 1. The maximum atomic E-state index is 14.5. The van der Waals surface area contributed by atoms with E-state index in [2.05, 4.69) is 36.0 Å². The van der Waals surface area contributed by atoms with Crippen LogP contribution >= 0.6 is 27.7 Å². The highest BCUT2D eigenvalue weighted by Gasteiger charge is 2.76. The van der Waals surface area contributed by atoms with E-state index in [1.165, 1.54) is 0 Å². The fraction of sp³-hybridized carbons (Fsp3) is 0.750. The molecular weight excluding hydrogens is 556 g/mol. The third-order valence-corrected chi connectivity index (χ3v) is 11.4. The van der Waals surface area contributed by atoms with Gasteiger partial charge in [0.2, 0.25) is 11.8 Å². The number of unbranched alkanes of at least 4 members (excludes halogenated alkanes) is 1. The van der Waals surface area contributed by atoms with E-state index in [-0.39, 0.29) is 53.0 Å². The van der Waals surface area contributed by atoms with Gasteiger partial charge in [-0.3, -0.25) is 14.4 Å². The first-order valence-electron chi connectivity index (χ1n) is 13.5. The van der Waals surface area contributed by atoms with Crippen molar-refractivity contribution in [3.8, 4) is 0 Å². The second-order valence-electron chi connectivity index (χ2n) is 10.9. The van der Waals surface area contributed by atoms with Gasteiger partial charge in [0.1, 0.15) is 6.04 Å². The average molecular weight is 600 g/mol. The summed E-state index contributed by atoms with van der Waals surface area (Å²) in [4.78, 5) is 45.5. The molecule has 0 aromatic rings. The Labute approximate surface area is 234 Å². The van der Waals surface area contributed by atoms with Gasteiger partial charge in [-0.05, 0) is 38.5 Å². The molecule has 8 atom stereocenters. The van der Waals surface area contributed by atoms with Crippen molar-refractivity contribution < 1.29 is 24.2 Å². The number of hydrogen-bond donors (Lipinski definition) is 1. The van der Waals surface area contributed by atoms with Crippen LogP contribution in [0.1, 0.15) is 59.8 Å². The molecule has 37 heavy (non-hydrogen) atoms. The van der Waals surface area contributed by atoms with Crippen molar-refractivity contribution in [3.63, 3.8) is 0 Å². The number of amides is 2. The van der Waals surface area contributed by atoms with Gasteiger partial charge in [-0.2, -0.15) is 0 Å². The van der Waals surface area contributed by atoms with Crippen LogP contribution in [0, 0.1) is 17.8 Å². The minimum absolute atomic E-state index is 0.0185. The van der Waals surface area contributed by atoms with E-state index in [0.29, 0.717) is 19.4 Å². The predicted molar refractivity (Wildman–Crippen MR) is 151 cm³/mol. The Morgan fingerprint density at radius 1 is 1.32 bits per heavy atom. The summed E-state index contributed by atoms with van der Waals surface area (Å²) >= 11 is 5.39. The van der Waals surface area contributed by atoms with Crippen LogP contribution in [0.4, 0.5) is 0 Å². The Bertz CT molecular complexity index is 885. The number of carbonyl (C=O) groups is 3. The lowest BCUT2D eigenvalue weighted by molar-refractivity contribution is -0.154. The number of hydrogen-bond acceptors (Lipinski definition) is 6. The van der Waals surface area contributed by atoms with Crippen LogP contribution in [0.25, 0.3) is 0 Å². The molecule has 3 rings (SSSR count). The number of likely N-dealkylation sites (tertiary alicyclic amines) is 1. The van der Waals surface area contributed by atoms with E-state index < -0.39 is 28.7 Å². The molecule has 0 radical (unpaired) electrons. The molecule has 0 aromatic heterocycles. The summed E-state index contributed by atoms with van der Waals surface area (Å²) in [6, 6.07) is -1.31. The van der Waals surface area contributed by atoms with Gasteiger partial charge in [0.05, 0.1) is 35.8 Å². The van der Waals surface area contributed by atoms with Crippen LogP contribution in [0.2, 0.25) is 0 Å². The summed E-state index contributed by atoms with van der Waals surface area (Å²) in [5.74, 6) is -2.05. The first-order valence-corrected chi connectivity index (χ1v) is 15.3. The van der Waals surface area contributed by atoms with E-state index in [1.54, 1.807) is 28.8 Å². The predicted octanol–water partition coefficient (Wildman–Crippen LogP) is 4.18. The lowest BCUT2D eigenvalue weighted by Crippen LogP contribution is -2.59. The fourth-order valence-corrected chi connectivity index (χ4v) is 10.0. The lowest BCUT2D eigenvalue weighted by Gasteiger charge is -2.42. The Morgan fingerprint density at radius 3 is 2.59 bits per heavy atom. The highest BCUT2D eigenvalue weighted by atomic mass is 79.9. The molecule has 3 aliphatic rings. The van der Waals surface area contributed by atoms with Gasteiger partial charge in [-0.15, -0.1) is 24.9 Å². The zero-order valence-electron chi connectivity index (χ0n) is 22.6. The molecule has 2 amide bonds. The first-order chi connectivity index (χ1) is 17.6. The van der Waals surface area contributed by atoms with Crippen LogP contribution in [0.15, 0.2) is 25.3 Å². The molecule has 3 heterocycles. The summed E-state index contributed by atoms with van der Waals surface area (Å²) in [6.45, 7) is 16.0. The third-order valence-electron chi connectivity index (χ3n) is 8.19. The summed E-state index contributed by atoms with van der Waals surface area (Å²) in [7, 11) is 0. The first kappa shape index (κ1) is 30.2. The summed E-state index contributed by atoms with van der Waals surface area (Å²) in [5, 5.41) is 10.2. The Kier molecular flexibility index (Phi) is 10.4. The van der Waals surface area contributed by atoms with Crippen LogP contribution in [-0.2, 0) is 19.1 Å². The van der Waals surface area contributed by atoms with Gasteiger partial charge in [-0.25, -0.2) is 0 Å². The van der Waals surface area contributed by atoms with Gasteiger partial charge in [-0.1, -0.05) is 55.3 Å². The Hall–Kier alpha value is -1.32. The molecule has 7 nitrogen and oxygen atoms in total. The minimum atomic E-state index is -0.766. The molecule has 208 valence electrons. The zero-order valence-corrected chi connectivity index (χ0v) is 25.0. The van der Waals surface area contributed by atoms with Crippen LogP contribution in [0.3, 0.4) is 0 Å². The minimum Gasteiger partial charge on any atom is -0.465 e. The topological polar surface area (TPSA) is 87.1 Å². The number of halogens is 1. The standard InChI is InChI=1S/C28H43BrN2O5S/c1-7-10-11-14-36-27(35)21-22-25(33)31(20(16-32)17(4)5)24(28(22)15-19(29)23(21)37-28)26(34)30(13-9-3)18(6)12-8-2/h7,9,17-24,32H,1,3,8,10-16H2,2,4-6H3/t18?,19?,20-,21-,22-,23-,24?,28?/m0/s1. The monoisotopic (exact) mass is 598 g/mol. The molecule has 4 unspecified atom stereocenters. The van der Waals surface area contributed by atoms with Crippen molar-refractivity contribution in [2.24, 2.45) is 17.8 Å². The van der Waals surface area contributed by atoms with Crippen molar-refractivity contribution in [1.82, 2.24) is 9.80 Å². The number of aliphatic hydroxyl groups excluding tert-OH is 1. The maximum Gasteiger partial charge on any atom is 0.310 e. The van der Waals surface area contributed by atoms with Gasteiger partial charge in [0, 0.05) is 22.7 Å². The fourth-order valence-electron chi connectivity index (χ4n) is 6.45. The number of ether oxygens (including phenoxy) is 1. The number of nitrogens with zero attached hydrogens (tertiary/aromatic N) is 2. The van der Waals surface area contributed by atoms with Gasteiger partial charge in [0.25, 0.3) is 0 Å². The summed E-state index contributed by atoms with van der Waals surface area (Å²) < 4.78 is 4.90. The van der Waals surface area contributed by atoms with Crippen LogP contribution in [-0.4, -0.2) is 85.4 Å². The largest absolute Gasteiger partial charge is 0.465 e. The molecule has 0 saturated carbocycles. The molecule has 0 aromatic carbocycles. The second kappa shape index (κ2) is 12.7. The van der Waals surface area contributed by atoms with Crippen molar-refractivity contribution in [2.45, 2.75) is 92.7 Å². The number of aliphatic hydroxyl groups is 1. The molecule has 1 N–H and O–H groups in total. The van der Waals surface area contributed by atoms with E-state index in [9.17, 15) is 19.5 Å². The molecule has 3 saturated heterocycles. The number of esters is 1. The number of fused-ring (bicyclic) bond motifs is 1. The van der Waals surface area contributed by atoms with E-state index in [4.69, 9.17) is 4.74 Å². The highest BCUT2D eigenvalue weighted by Crippen LogP contribution is 2.68. The molecule has 0 aliphatic carbocycles. The molecule has 9 heteroatoms. The number of thioether (sulfide) groups is 1. The van der Waals surface area contributed by atoms with E-state index >= 15 is 0 Å². The normalized spacial score (nSPS) is 31.8. The summed E-state index contributed by atoms with van der Waals surface area (Å²) in [5.41, 5.74) is 0. The number of rotatable bonds is 14. The van der Waals surface area contributed by atoms with E-state index in [0.717, 1.165) is 19.3 Å². The van der Waals surface area contributed by atoms with Crippen LogP contribution < -0.4 is 0 Å². The molecule has 2 bridgehead atoms. The number of carbonyl (C=O) groups excluding carboxylic acids is 3.